The summed E-state index contributed by atoms with van der Waals surface area (Å²) in [5.41, 5.74) is 0.736. The number of alkyl halides is 3. The smallest absolute Gasteiger partial charge is 0.255 e. The van der Waals surface area contributed by atoms with E-state index in [1.807, 2.05) is 0 Å². The fourth-order valence-electron chi connectivity index (χ4n) is 1.27. The third-order valence-electron chi connectivity index (χ3n) is 1.96. The summed E-state index contributed by atoms with van der Waals surface area (Å²) >= 11 is 22.4. The maximum absolute atomic E-state index is 11.8. The second-order valence-electron chi connectivity index (χ2n) is 3.05. The van der Waals surface area contributed by atoms with E-state index in [-0.39, 0.29) is 5.69 Å². The Morgan fingerprint density at radius 3 is 2.62 bits per heavy atom. The highest BCUT2D eigenvalue weighted by molar-refractivity contribution is 6.77. The van der Waals surface area contributed by atoms with Crippen LogP contribution in [0.5, 0.6) is 0 Å². The number of nitrogens with zero attached hydrogens (tertiary/aromatic N) is 2. The Balaban J connectivity index is 2.62. The number of carbonyl (C=O) groups excluding carboxylic acids is 1. The summed E-state index contributed by atoms with van der Waals surface area (Å²) < 4.78 is -0.523. The zero-order valence-electron chi connectivity index (χ0n) is 7.62. The van der Waals surface area contributed by atoms with Crippen LogP contribution in [0.3, 0.4) is 0 Å². The Hall–Kier alpha value is -0.480. The fraction of sp³-hybridized carbons (Fsp3) is 0.111. The van der Waals surface area contributed by atoms with Crippen LogP contribution in [0.1, 0.15) is 10.5 Å². The first-order chi connectivity index (χ1) is 7.39. The second-order valence-corrected chi connectivity index (χ2v) is 5.76. The number of imidazole rings is 1. The molecule has 0 fully saturated rings. The van der Waals surface area contributed by atoms with Crippen LogP contribution < -0.4 is 0 Å². The number of hydrogen-bond donors (Lipinski definition) is 0. The summed E-state index contributed by atoms with van der Waals surface area (Å²) in [5.74, 6) is -0.646. The van der Waals surface area contributed by atoms with Gasteiger partial charge in [-0.25, -0.2) is 4.98 Å². The normalized spacial score (nSPS) is 12.0. The molecule has 7 heteroatoms. The lowest BCUT2D eigenvalue weighted by Crippen LogP contribution is -2.20. The van der Waals surface area contributed by atoms with E-state index >= 15 is 0 Å². The maximum Gasteiger partial charge on any atom is 0.255 e. The quantitative estimate of drug-likeness (QED) is 0.596. The van der Waals surface area contributed by atoms with Gasteiger partial charge in [0.25, 0.3) is 3.79 Å². The van der Waals surface area contributed by atoms with Gasteiger partial charge in [0.2, 0.25) is 5.78 Å². The van der Waals surface area contributed by atoms with Gasteiger partial charge in [-0.2, -0.15) is 0 Å². The number of Topliss-reactive ketones (excluding diaryl/α,β-unsaturated/α-hetero) is 1. The molecule has 3 nitrogen and oxygen atoms in total. The SMILES string of the molecule is O=C(c1cnc2ccc(Cl)cn12)C(Cl)(Cl)Cl. The van der Waals surface area contributed by atoms with Gasteiger partial charge in [0.05, 0.1) is 11.2 Å². The van der Waals surface area contributed by atoms with E-state index in [4.69, 9.17) is 46.4 Å². The molecule has 0 radical (unpaired) electrons. The van der Waals surface area contributed by atoms with E-state index in [1.54, 1.807) is 12.1 Å². The van der Waals surface area contributed by atoms with Crippen molar-refractivity contribution >= 4 is 57.8 Å². The molecule has 2 aromatic heterocycles. The molecule has 0 atom stereocenters. The summed E-state index contributed by atoms with van der Waals surface area (Å²) in [4.78, 5) is 15.8. The van der Waals surface area contributed by atoms with Gasteiger partial charge in [0, 0.05) is 6.20 Å². The monoisotopic (exact) mass is 296 g/mol. The van der Waals surface area contributed by atoms with Crippen LogP contribution in [0.15, 0.2) is 24.5 Å². The largest absolute Gasteiger partial charge is 0.295 e. The van der Waals surface area contributed by atoms with Crippen molar-refractivity contribution in [1.82, 2.24) is 9.38 Å². The predicted octanol–water partition coefficient (Wildman–Crippen LogP) is 3.54. The first-order valence-corrected chi connectivity index (χ1v) is 5.65. The fourth-order valence-corrected chi connectivity index (χ4v) is 1.72. The Kier molecular flexibility index (Phi) is 3.05. The highest BCUT2D eigenvalue weighted by atomic mass is 35.6. The lowest BCUT2D eigenvalue weighted by molar-refractivity contribution is 0.0991. The van der Waals surface area contributed by atoms with Crippen molar-refractivity contribution in [3.05, 3.63) is 35.2 Å². The zero-order chi connectivity index (χ0) is 11.9. The molecule has 0 unspecified atom stereocenters. The van der Waals surface area contributed by atoms with E-state index < -0.39 is 9.58 Å². The molecule has 2 aromatic rings. The molecular weight excluding hydrogens is 294 g/mol. The van der Waals surface area contributed by atoms with Gasteiger partial charge in [0.1, 0.15) is 11.3 Å². The summed E-state index contributed by atoms with van der Waals surface area (Å²) in [6, 6.07) is 3.32. The standard InChI is InChI=1S/C9H4Cl4N2O/c10-5-1-2-7-14-3-6(15(7)4-5)8(16)9(11,12)13/h1-4H. The predicted molar refractivity (Wildman–Crippen MR) is 64.8 cm³/mol. The van der Waals surface area contributed by atoms with Gasteiger partial charge in [-0.15, -0.1) is 0 Å². The Morgan fingerprint density at radius 1 is 1.31 bits per heavy atom. The minimum Gasteiger partial charge on any atom is -0.295 e. The van der Waals surface area contributed by atoms with Gasteiger partial charge >= 0.3 is 0 Å². The molecule has 0 bridgehead atoms. The van der Waals surface area contributed by atoms with Gasteiger partial charge in [0.15, 0.2) is 0 Å². The summed E-state index contributed by atoms with van der Waals surface area (Å²) in [5, 5.41) is 0.462. The second kappa shape index (κ2) is 4.08. The van der Waals surface area contributed by atoms with E-state index in [1.165, 1.54) is 16.8 Å². The number of hydrogen-bond acceptors (Lipinski definition) is 2. The highest BCUT2D eigenvalue weighted by Crippen LogP contribution is 2.30. The average Bonchev–Trinajstić information content (AvgIpc) is 2.57. The van der Waals surface area contributed by atoms with E-state index in [0.717, 1.165) is 0 Å². The molecule has 0 aromatic carbocycles. The van der Waals surface area contributed by atoms with Crippen LogP contribution in [-0.4, -0.2) is 19.0 Å². The third kappa shape index (κ3) is 2.13. The molecule has 0 aliphatic carbocycles. The number of rotatable bonds is 1. The van der Waals surface area contributed by atoms with Crippen molar-refractivity contribution in [1.29, 1.82) is 0 Å². The van der Waals surface area contributed by atoms with E-state index in [0.29, 0.717) is 10.7 Å². The molecule has 0 spiro atoms. The minimum atomic E-state index is -2.00. The molecule has 84 valence electrons. The van der Waals surface area contributed by atoms with Crippen molar-refractivity contribution < 1.29 is 4.79 Å². The summed E-state index contributed by atoms with van der Waals surface area (Å²) in [6.45, 7) is 0. The molecule has 16 heavy (non-hydrogen) atoms. The topological polar surface area (TPSA) is 34.4 Å². The molecule has 0 saturated carbocycles. The number of aromatic nitrogens is 2. The van der Waals surface area contributed by atoms with Gasteiger partial charge in [-0.1, -0.05) is 46.4 Å². The maximum atomic E-state index is 11.8. The van der Waals surface area contributed by atoms with Crippen LogP contribution in [-0.2, 0) is 0 Å². The number of carbonyl (C=O) groups is 1. The minimum absolute atomic E-state index is 0.178. The number of pyridine rings is 1. The molecular formula is C9H4Cl4N2O. The van der Waals surface area contributed by atoms with Crippen molar-refractivity contribution in [2.45, 2.75) is 3.79 Å². The van der Waals surface area contributed by atoms with Crippen LogP contribution in [0.4, 0.5) is 0 Å². The Labute approximate surface area is 111 Å². The van der Waals surface area contributed by atoms with Crippen molar-refractivity contribution in [3.63, 3.8) is 0 Å². The van der Waals surface area contributed by atoms with Crippen LogP contribution in [0.2, 0.25) is 5.02 Å². The molecule has 2 heterocycles. The van der Waals surface area contributed by atoms with Crippen LogP contribution in [0, 0.1) is 0 Å². The first-order valence-electron chi connectivity index (χ1n) is 4.14. The highest BCUT2D eigenvalue weighted by Gasteiger charge is 2.33. The molecule has 0 amide bonds. The van der Waals surface area contributed by atoms with Crippen molar-refractivity contribution in [2.24, 2.45) is 0 Å². The zero-order valence-corrected chi connectivity index (χ0v) is 10.6. The average molecular weight is 298 g/mol. The lowest BCUT2D eigenvalue weighted by Gasteiger charge is -2.08. The van der Waals surface area contributed by atoms with Crippen LogP contribution in [0.25, 0.3) is 5.65 Å². The van der Waals surface area contributed by atoms with Gasteiger partial charge < -0.3 is 0 Å². The lowest BCUT2D eigenvalue weighted by atomic mass is 10.3. The molecule has 0 aliphatic rings. The third-order valence-corrected chi connectivity index (χ3v) is 2.70. The van der Waals surface area contributed by atoms with Crippen LogP contribution >= 0.6 is 46.4 Å². The van der Waals surface area contributed by atoms with E-state index in [9.17, 15) is 4.79 Å². The van der Waals surface area contributed by atoms with E-state index in [2.05, 4.69) is 4.98 Å². The molecule has 0 aliphatic heterocycles. The number of fused-ring (bicyclic) bond motifs is 1. The number of ketones is 1. The summed E-state index contributed by atoms with van der Waals surface area (Å²) in [6.07, 6.45) is 2.88. The molecule has 2 rings (SSSR count). The first kappa shape index (κ1) is 12.0. The van der Waals surface area contributed by atoms with Gasteiger partial charge in [-0.05, 0) is 12.1 Å². The molecule has 0 saturated heterocycles. The number of halogens is 4. The Morgan fingerprint density at radius 2 is 2.00 bits per heavy atom. The van der Waals surface area contributed by atoms with Crippen molar-refractivity contribution in [3.8, 4) is 0 Å². The van der Waals surface area contributed by atoms with Crippen molar-refractivity contribution in [2.75, 3.05) is 0 Å². The summed E-state index contributed by atoms with van der Waals surface area (Å²) in [7, 11) is 0. The van der Waals surface area contributed by atoms with Gasteiger partial charge in [-0.3, -0.25) is 9.20 Å². The molecule has 0 N–H and O–H groups in total. The Bertz CT molecular complexity index is 558.